The van der Waals surface area contributed by atoms with E-state index in [0.29, 0.717) is 49.7 Å². The second kappa shape index (κ2) is 15.1. The molecule has 12 nitrogen and oxygen atoms in total. The molecule has 3 aliphatic rings. The Morgan fingerprint density at radius 3 is 2.60 bits per heavy atom. The minimum atomic E-state index is -0.691. The number of aromatic amines is 1. The molecular formula is C39H47FN6O6. The maximum absolute atomic E-state index is 15.9. The van der Waals surface area contributed by atoms with Crippen LogP contribution in [0, 0.1) is 12.7 Å². The molecule has 2 atom stereocenters. The summed E-state index contributed by atoms with van der Waals surface area (Å²) in [5, 5.41) is 3.33. The molecule has 4 heterocycles. The molecule has 7 rings (SSSR count). The quantitative estimate of drug-likeness (QED) is 0.147. The van der Waals surface area contributed by atoms with Crippen LogP contribution in [0.1, 0.15) is 73.5 Å². The van der Waals surface area contributed by atoms with Crippen LogP contribution in [0.3, 0.4) is 0 Å². The van der Waals surface area contributed by atoms with Crippen LogP contribution in [0.25, 0.3) is 10.9 Å². The molecule has 2 N–H and O–H groups in total. The molecule has 0 spiro atoms. The number of pyridine rings is 1. The van der Waals surface area contributed by atoms with Gasteiger partial charge in [0.15, 0.2) is 0 Å². The van der Waals surface area contributed by atoms with E-state index in [2.05, 4.69) is 33.9 Å². The fourth-order valence-electron chi connectivity index (χ4n) is 7.70. The topological polar surface area (TPSA) is 131 Å². The SMILES string of the molecule is CCOC(=O)c1cn(C2CC2)c2cc(N3CCOC4CN(CCCCCn5c(=O)cc(Nc6ccc(C)c(CC)c6)[nH]c5=O)CC43)c(F)cc2c1=O. The lowest BCUT2D eigenvalue weighted by Crippen LogP contribution is -2.51. The smallest absolute Gasteiger partial charge is 0.343 e. The normalized spacial score (nSPS) is 18.9. The zero-order valence-corrected chi connectivity index (χ0v) is 30.1. The molecule has 0 amide bonds. The van der Waals surface area contributed by atoms with Crippen LogP contribution in [0.4, 0.5) is 21.6 Å². The first-order valence-corrected chi connectivity index (χ1v) is 18.5. The first kappa shape index (κ1) is 35.6. The number of esters is 1. The number of hydrogen-bond donors (Lipinski definition) is 2. The summed E-state index contributed by atoms with van der Waals surface area (Å²) in [5.74, 6) is -0.821. The maximum Gasteiger partial charge on any atom is 0.343 e. The molecule has 0 radical (unpaired) electrons. The van der Waals surface area contributed by atoms with Gasteiger partial charge in [0.1, 0.15) is 17.2 Å². The summed E-state index contributed by atoms with van der Waals surface area (Å²) < 4.78 is 30.3. The molecule has 52 heavy (non-hydrogen) atoms. The molecule has 2 aliphatic heterocycles. The van der Waals surface area contributed by atoms with Crippen molar-refractivity contribution >= 4 is 34.1 Å². The molecule has 2 unspecified atom stereocenters. The van der Waals surface area contributed by atoms with Gasteiger partial charge in [0.05, 0.1) is 36.6 Å². The first-order chi connectivity index (χ1) is 25.1. The van der Waals surface area contributed by atoms with Crippen LogP contribution >= 0.6 is 0 Å². The molecule has 0 bridgehead atoms. The molecule has 2 saturated heterocycles. The number of carbonyl (C=O) groups is 1. The maximum atomic E-state index is 15.9. The van der Waals surface area contributed by atoms with E-state index in [9.17, 15) is 19.2 Å². The van der Waals surface area contributed by atoms with Gasteiger partial charge in [-0.15, -0.1) is 0 Å². The highest BCUT2D eigenvalue weighted by Crippen LogP contribution is 2.39. The number of fused-ring (bicyclic) bond motifs is 2. The predicted molar refractivity (Wildman–Crippen MR) is 199 cm³/mol. The molecule has 3 fully saturated rings. The van der Waals surface area contributed by atoms with Crippen molar-refractivity contribution in [3.05, 3.63) is 96.2 Å². The van der Waals surface area contributed by atoms with Gasteiger partial charge in [0.25, 0.3) is 5.56 Å². The number of halogens is 1. The van der Waals surface area contributed by atoms with E-state index >= 15 is 4.39 Å². The lowest BCUT2D eigenvalue weighted by Gasteiger charge is -2.39. The number of H-pyrrole nitrogens is 1. The Bertz CT molecular complexity index is 2130. The van der Waals surface area contributed by atoms with Crippen LogP contribution in [0.5, 0.6) is 0 Å². The van der Waals surface area contributed by atoms with E-state index < -0.39 is 22.9 Å². The second-order valence-corrected chi connectivity index (χ2v) is 14.1. The highest BCUT2D eigenvalue weighted by molar-refractivity contribution is 5.94. The van der Waals surface area contributed by atoms with Crippen molar-refractivity contribution in [3.8, 4) is 0 Å². The molecule has 4 aromatic rings. The Hall–Kier alpha value is -4.75. The van der Waals surface area contributed by atoms with Gasteiger partial charge >= 0.3 is 11.7 Å². The molecule has 276 valence electrons. The molecule has 1 saturated carbocycles. The van der Waals surface area contributed by atoms with E-state index in [1.807, 2.05) is 22.8 Å². The van der Waals surface area contributed by atoms with Crippen molar-refractivity contribution in [2.75, 3.05) is 49.6 Å². The lowest BCUT2D eigenvalue weighted by molar-refractivity contribution is 0.0306. The fourth-order valence-corrected chi connectivity index (χ4v) is 7.70. The molecule has 1 aliphatic carbocycles. The van der Waals surface area contributed by atoms with E-state index in [1.165, 1.54) is 27.8 Å². The monoisotopic (exact) mass is 714 g/mol. The van der Waals surface area contributed by atoms with Crippen LogP contribution in [-0.2, 0) is 22.4 Å². The Kier molecular flexibility index (Phi) is 10.3. The van der Waals surface area contributed by atoms with E-state index in [0.717, 1.165) is 50.9 Å². The van der Waals surface area contributed by atoms with Gasteiger partial charge in [-0.1, -0.05) is 19.4 Å². The van der Waals surface area contributed by atoms with Gasteiger partial charge in [-0.3, -0.25) is 24.0 Å². The number of morpholine rings is 1. The number of anilines is 3. The Balaban J connectivity index is 0.969. The average molecular weight is 715 g/mol. The third kappa shape index (κ3) is 7.29. The van der Waals surface area contributed by atoms with Gasteiger partial charge in [-0.25, -0.2) is 14.0 Å². The fraction of sp³-hybridized carbons (Fsp3) is 0.487. The van der Waals surface area contributed by atoms with Crippen molar-refractivity contribution in [1.29, 1.82) is 0 Å². The van der Waals surface area contributed by atoms with Crippen LogP contribution in [0.2, 0.25) is 0 Å². The van der Waals surface area contributed by atoms with Gasteiger partial charge < -0.3 is 24.3 Å². The van der Waals surface area contributed by atoms with Gasteiger partial charge in [-0.05, 0) is 87.9 Å². The number of benzene rings is 2. The largest absolute Gasteiger partial charge is 0.462 e. The number of unbranched alkanes of at least 4 members (excludes halogenated alkanes) is 2. The number of nitrogens with zero attached hydrogens (tertiary/aromatic N) is 4. The van der Waals surface area contributed by atoms with Crippen LogP contribution < -0.4 is 26.9 Å². The summed E-state index contributed by atoms with van der Waals surface area (Å²) in [5.41, 5.74) is 2.90. The summed E-state index contributed by atoms with van der Waals surface area (Å²) in [7, 11) is 0. The van der Waals surface area contributed by atoms with Gasteiger partial charge in [-0.2, -0.15) is 0 Å². The van der Waals surface area contributed by atoms with Crippen molar-refractivity contribution < 1.29 is 18.7 Å². The second-order valence-electron chi connectivity index (χ2n) is 14.1. The van der Waals surface area contributed by atoms with Gasteiger partial charge in [0.2, 0.25) is 5.43 Å². The lowest BCUT2D eigenvalue weighted by atomic mass is 10.1. The first-order valence-electron chi connectivity index (χ1n) is 18.5. The third-order valence-electron chi connectivity index (χ3n) is 10.6. The van der Waals surface area contributed by atoms with Crippen molar-refractivity contribution in [2.45, 2.75) is 84.0 Å². The zero-order valence-electron chi connectivity index (χ0n) is 30.1. The number of carbonyl (C=O) groups excluding carboxylic acids is 1. The number of hydrogen-bond acceptors (Lipinski definition) is 9. The summed E-state index contributed by atoms with van der Waals surface area (Å²) in [4.78, 5) is 58.7. The van der Waals surface area contributed by atoms with E-state index in [1.54, 1.807) is 19.2 Å². The Labute approximate surface area is 301 Å². The van der Waals surface area contributed by atoms with Crippen molar-refractivity contribution in [2.24, 2.45) is 0 Å². The number of ether oxygens (including phenoxy) is 2. The molecular weight excluding hydrogens is 667 g/mol. The Morgan fingerprint density at radius 1 is 1.04 bits per heavy atom. The predicted octanol–water partition coefficient (Wildman–Crippen LogP) is 4.88. The summed E-state index contributed by atoms with van der Waals surface area (Å²) in [6.45, 7) is 9.53. The summed E-state index contributed by atoms with van der Waals surface area (Å²) >= 11 is 0. The molecule has 2 aromatic carbocycles. The van der Waals surface area contributed by atoms with Crippen molar-refractivity contribution in [3.63, 3.8) is 0 Å². The third-order valence-corrected chi connectivity index (χ3v) is 10.6. The number of aromatic nitrogens is 3. The van der Waals surface area contributed by atoms with Crippen LogP contribution in [0.15, 0.2) is 57.0 Å². The number of rotatable bonds is 13. The van der Waals surface area contributed by atoms with Crippen molar-refractivity contribution in [1.82, 2.24) is 19.0 Å². The number of aryl methyl sites for hydroxylation is 2. The standard InChI is InChI=1S/C39H47FN6O6/c1-4-25-17-26(10-9-24(25)3)41-35-20-36(47)45(39(50)42-35)14-8-6-7-13-43-22-33-34(23-43)52-16-15-44(33)32-19-31-28(18-30(32)40)37(48)29(38(49)51-5-2)21-46(31)27-11-12-27/h9-10,17-21,27,33-34,41H,4-8,11-16,22-23H2,1-3H3,(H,42,50). The summed E-state index contributed by atoms with van der Waals surface area (Å²) in [6.07, 6.45) is 6.62. The van der Waals surface area contributed by atoms with E-state index in [4.69, 9.17) is 9.47 Å². The molecule has 13 heteroatoms. The minimum absolute atomic E-state index is 0.0571. The van der Waals surface area contributed by atoms with Crippen LogP contribution in [-0.4, -0.2) is 76.5 Å². The highest BCUT2D eigenvalue weighted by Gasteiger charge is 2.41. The summed E-state index contributed by atoms with van der Waals surface area (Å²) in [6, 6.07) is 10.5. The molecule has 2 aromatic heterocycles. The highest BCUT2D eigenvalue weighted by atomic mass is 19.1. The zero-order chi connectivity index (χ0) is 36.5. The minimum Gasteiger partial charge on any atom is -0.462 e. The number of likely N-dealkylation sites (tertiary alicyclic amines) is 1. The number of nitrogens with one attached hydrogen (secondary N) is 2. The Morgan fingerprint density at radius 2 is 1.85 bits per heavy atom. The van der Waals surface area contributed by atoms with E-state index in [-0.39, 0.29) is 41.3 Å². The van der Waals surface area contributed by atoms with Gasteiger partial charge in [0, 0.05) is 55.6 Å². The average Bonchev–Trinajstić information content (AvgIpc) is 3.88.